The second-order valence-electron chi connectivity index (χ2n) is 3.74. The molecule has 1 unspecified atom stereocenters. The van der Waals surface area contributed by atoms with Crippen LogP contribution in [0.3, 0.4) is 0 Å². The Hall–Kier alpha value is -4.06. The highest BCUT2D eigenvalue weighted by Crippen LogP contribution is 2.40. The lowest BCUT2D eigenvalue weighted by molar-refractivity contribution is 1.71. The van der Waals surface area contributed by atoms with Crippen LogP contribution in [0.25, 0.3) is 0 Å². The Labute approximate surface area is 164 Å². The van der Waals surface area contributed by atoms with E-state index in [9.17, 15) is 0 Å². The fourth-order valence-corrected chi connectivity index (χ4v) is 3.39. The van der Waals surface area contributed by atoms with E-state index in [2.05, 4.69) is 118 Å². The van der Waals surface area contributed by atoms with Gasteiger partial charge in [0.2, 0.25) is 0 Å². The minimum Gasteiger partial charge on any atom is -0.106 e. The molecule has 0 heterocycles. The van der Waals surface area contributed by atoms with Crippen LogP contribution in [0, 0.1) is 71.5 Å². The van der Waals surface area contributed by atoms with E-state index < -0.39 is 7.92 Å². The first-order valence-electron chi connectivity index (χ1n) is 6.98. The third-order valence-electron chi connectivity index (χ3n) is 2.00. The fourth-order valence-electron chi connectivity index (χ4n) is 1.10. The Morgan fingerprint density at radius 1 is 0.815 bits per heavy atom. The van der Waals surface area contributed by atoms with Gasteiger partial charge in [-0.25, -0.2) is 0 Å². The smallest absolute Gasteiger partial charge is 0.0575 e. The normalized spacial score (nSPS) is 6.19. The van der Waals surface area contributed by atoms with Crippen LogP contribution < -0.4 is 0 Å². The maximum Gasteiger partial charge on any atom is 0.0575 e. The van der Waals surface area contributed by atoms with Gasteiger partial charge in [-0.05, 0) is 101 Å². The van der Waals surface area contributed by atoms with Crippen molar-refractivity contribution in [2.45, 2.75) is 0 Å². The van der Waals surface area contributed by atoms with Gasteiger partial charge < -0.3 is 0 Å². The second-order valence-corrected chi connectivity index (χ2v) is 6.54. The fraction of sp³-hybridized carbons (Fsp3) is 0.0400. The molecule has 1 atom stereocenters. The van der Waals surface area contributed by atoms with Gasteiger partial charge in [-0.3, -0.25) is 0 Å². The van der Waals surface area contributed by atoms with Crippen LogP contribution in [0.2, 0.25) is 0 Å². The summed E-state index contributed by atoms with van der Waals surface area (Å²) < 4.78 is 0. The molecule has 0 spiro atoms. The number of allylic oxidation sites excluding steroid dienone is 1. The Kier molecular flexibility index (Phi) is 15.5. The topological polar surface area (TPSA) is 0 Å². The van der Waals surface area contributed by atoms with Gasteiger partial charge in [-0.1, -0.05) is 31.5 Å². The van der Waals surface area contributed by atoms with Crippen molar-refractivity contribution in [2.75, 3.05) is 6.16 Å². The summed E-state index contributed by atoms with van der Waals surface area (Å²) in [6, 6.07) is 0. The zero-order valence-corrected chi connectivity index (χ0v) is 16.2. The Morgan fingerprint density at radius 2 is 1.41 bits per heavy atom. The molecule has 0 rings (SSSR count). The van der Waals surface area contributed by atoms with Crippen LogP contribution in [0.4, 0.5) is 0 Å². The van der Waals surface area contributed by atoms with E-state index in [-0.39, 0.29) is 8.58 Å². The predicted octanol–water partition coefficient (Wildman–Crippen LogP) is 4.24. The molecule has 0 radical (unpaired) electrons. The highest BCUT2D eigenvalue weighted by Gasteiger charge is 2.05. The molecule has 0 N–H and O–H groups in total. The Morgan fingerprint density at radius 3 is 1.96 bits per heavy atom. The minimum absolute atomic E-state index is 0.261. The Bertz CT molecular complexity index is 1180. The highest BCUT2D eigenvalue weighted by atomic mass is 31.1. The molecule has 0 aliphatic carbocycles. The summed E-state index contributed by atoms with van der Waals surface area (Å²) in [5, 5.41) is 0.902. The van der Waals surface area contributed by atoms with E-state index in [1.165, 1.54) is 0 Å². The predicted molar refractivity (Wildman–Crippen MR) is 116 cm³/mol. The third-order valence-corrected chi connectivity index (χ3v) is 4.63. The summed E-state index contributed by atoms with van der Waals surface area (Å²) in [7, 11) is -0.787. The lowest BCUT2D eigenvalue weighted by atomic mass is 10.6. The van der Waals surface area contributed by atoms with Crippen molar-refractivity contribution in [2.24, 2.45) is 0 Å². The molecule has 0 aromatic heterocycles. The minimum atomic E-state index is -1.05. The summed E-state index contributed by atoms with van der Waals surface area (Å²) in [5.74, 6) is 21.6. The van der Waals surface area contributed by atoms with Gasteiger partial charge >= 0.3 is 0 Å². The molecule has 0 aliphatic rings. The third kappa shape index (κ3) is 15.2. The maximum atomic E-state index is 5.08. The van der Waals surface area contributed by atoms with Gasteiger partial charge in [0.25, 0.3) is 0 Å². The summed E-state index contributed by atoms with van der Waals surface area (Å²) in [6.45, 7) is 6.82. The van der Waals surface area contributed by atoms with Crippen molar-refractivity contribution < 1.29 is 0 Å². The molecule has 0 bridgehead atoms. The molecule has 0 saturated carbocycles. The molecule has 0 aromatic rings. The van der Waals surface area contributed by atoms with E-state index in [1.807, 2.05) is 0 Å². The van der Waals surface area contributed by atoms with Gasteiger partial charge in [0.05, 0.1) is 7.92 Å². The van der Waals surface area contributed by atoms with E-state index in [0.717, 1.165) is 5.31 Å². The molecule has 0 amide bonds. The molecule has 2 heteroatoms. The lowest BCUT2D eigenvalue weighted by Crippen LogP contribution is -1.80. The van der Waals surface area contributed by atoms with Gasteiger partial charge in [-0.2, -0.15) is 0 Å². The molecule has 27 heavy (non-hydrogen) atoms. The average molecular weight is 372 g/mol. The quantitative estimate of drug-likeness (QED) is 0.393. The van der Waals surface area contributed by atoms with Crippen molar-refractivity contribution >= 4 is 16.5 Å². The number of terminal acetylenes is 2. The van der Waals surface area contributed by atoms with Crippen molar-refractivity contribution in [1.82, 2.24) is 0 Å². The summed E-state index contributed by atoms with van der Waals surface area (Å²) in [6.07, 6.45) is 10.7. The molecule has 120 valence electrons. The van der Waals surface area contributed by atoms with Crippen LogP contribution in [-0.4, -0.2) is 6.16 Å². The second kappa shape index (κ2) is 18.3. The van der Waals surface area contributed by atoms with Crippen LogP contribution in [-0.2, 0) is 0 Å². The SMILES string of the molecule is C#CC#CC#CP(C#CC#CC#C)CC(=C=C=C=C=C)PC=C=C=C=C=C. The summed E-state index contributed by atoms with van der Waals surface area (Å²) in [5.41, 5.74) is 27.4. The zero-order chi connectivity index (χ0) is 20.0. The molecular weight excluding hydrogens is 362 g/mol. The van der Waals surface area contributed by atoms with Crippen molar-refractivity contribution in [1.29, 1.82) is 0 Å². The first-order chi connectivity index (χ1) is 13.3. The van der Waals surface area contributed by atoms with Gasteiger partial charge in [-0.15, -0.1) is 12.8 Å². The first-order valence-corrected chi connectivity index (χ1v) is 9.58. The van der Waals surface area contributed by atoms with Crippen LogP contribution in [0.15, 0.2) is 70.1 Å². The number of hydrogen-bond donors (Lipinski definition) is 0. The molecule has 0 aliphatic heterocycles. The van der Waals surface area contributed by atoms with Crippen LogP contribution in [0.5, 0.6) is 0 Å². The van der Waals surface area contributed by atoms with Crippen molar-refractivity contribution in [3.05, 3.63) is 70.1 Å². The lowest BCUT2D eigenvalue weighted by Gasteiger charge is -2.02. The van der Waals surface area contributed by atoms with E-state index in [4.69, 9.17) is 12.8 Å². The maximum absolute atomic E-state index is 5.08. The van der Waals surface area contributed by atoms with Crippen molar-refractivity contribution in [3.63, 3.8) is 0 Å². The van der Waals surface area contributed by atoms with E-state index in [1.54, 1.807) is 5.82 Å². The molecule has 0 nitrogen and oxygen atoms in total. The number of hydrogen-bond acceptors (Lipinski definition) is 0. The van der Waals surface area contributed by atoms with Crippen LogP contribution in [0.1, 0.15) is 0 Å². The van der Waals surface area contributed by atoms with Crippen LogP contribution >= 0.6 is 16.5 Å². The Balaban J connectivity index is 5.94. The molecule has 0 saturated heterocycles. The largest absolute Gasteiger partial charge is 0.106 e. The molecule has 0 aromatic carbocycles. The zero-order valence-electron chi connectivity index (χ0n) is 14.3. The first kappa shape index (κ1) is 22.9. The molecular formula is C25H10P2. The van der Waals surface area contributed by atoms with Gasteiger partial charge in [0, 0.05) is 11.5 Å². The standard InChI is InChI=1S/C25H10P2/c1-5-9-13-17-21-26-25(20-16-12-8-4)24-27(22-18-14-10-6-2)23-19-15-11-7-3/h2-3,21,26H,1,4,24H2. The van der Waals surface area contributed by atoms with E-state index in [0.29, 0.717) is 6.16 Å². The average Bonchev–Trinajstić information content (AvgIpc) is 2.68. The van der Waals surface area contributed by atoms with Gasteiger partial charge in [0.15, 0.2) is 0 Å². The highest BCUT2D eigenvalue weighted by molar-refractivity contribution is 7.69. The monoisotopic (exact) mass is 372 g/mol. The molecule has 0 fully saturated rings. The van der Waals surface area contributed by atoms with Crippen molar-refractivity contribution in [3.8, 4) is 71.5 Å². The summed E-state index contributed by atoms with van der Waals surface area (Å²) >= 11 is 0. The van der Waals surface area contributed by atoms with E-state index >= 15 is 0 Å². The van der Waals surface area contributed by atoms with Gasteiger partial charge in [0.1, 0.15) is 0 Å². The summed E-state index contributed by atoms with van der Waals surface area (Å²) in [4.78, 5) is 0. The number of rotatable bonds is 4.